The van der Waals surface area contributed by atoms with Gasteiger partial charge in [-0.25, -0.2) is 0 Å². The fourth-order valence-electron chi connectivity index (χ4n) is 4.81. The maximum absolute atomic E-state index is 10.2. The molecule has 74 valence electrons. The van der Waals surface area contributed by atoms with Gasteiger partial charge in [-0.3, -0.25) is 0 Å². The van der Waals surface area contributed by atoms with Gasteiger partial charge in [0.05, 0.1) is 6.10 Å². The minimum Gasteiger partial charge on any atom is -0.393 e. The number of hydrogen-bond donors (Lipinski definition) is 1. The van der Waals surface area contributed by atoms with E-state index >= 15 is 0 Å². The molecule has 13 heavy (non-hydrogen) atoms. The van der Waals surface area contributed by atoms with Crippen LogP contribution in [0.1, 0.15) is 45.4 Å². The first-order chi connectivity index (χ1) is 6.24. The first-order valence-corrected chi connectivity index (χ1v) is 5.92. The molecule has 1 nitrogen and oxygen atoms in total. The Kier molecular flexibility index (Phi) is 1.59. The van der Waals surface area contributed by atoms with Crippen molar-refractivity contribution in [3.05, 3.63) is 0 Å². The molecule has 4 bridgehead atoms. The quantitative estimate of drug-likeness (QED) is 0.692. The van der Waals surface area contributed by atoms with E-state index in [-0.39, 0.29) is 6.10 Å². The van der Waals surface area contributed by atoms with Crippen molar-refractivity contribution in [1.82, 2.24) is 0 Å². The summed E-state index contributed by atoms with van der Waals surface area (Å²) >= 11 is 0. The van der Waals surface area contributed by atoms with Crippen LogP contribution in [-0.2, 0) is 0 Å². The second-order valence-corrected chi connectivity index (χ2v) is 5.70. The summed E-state index contributed by atoms with van der Waals surface area (Å²) in [5.74, 6) is 2.86. The first-order valence-electron chi connectivity index (χ1n) is 5.92. The highest BCUT2D eigenvalue weighted by atomic mass is 16.3. The fraction of sp³-hybridized carbons (Fsp3) is 1.00. The molecular formula is C12H20O. The lowest BCUT2D eigenvalue weighted by atomic mass is 9.71. The molecule has 4 aliphatic carbocycles. The highest BCUT2D eigenvalue weighted by Crippen LogP contribution is 2.66. The number of aliphatic hydroxyl groups is 1. The van der Waals surface area contributed by atoms with Crippen molar-refractivity contribution in [1.29, 1.82) is 0 Å². The van der Waals surface area contributed by atoms with E-state index in [4.69, 9.17) is 0 Å². The summed E-state index contributed by atoms with van der Waals surface area (Å²) in [5.41, 5.74) is 0.391. The van der Waals surface area contributed by atoms with Crippen LogP contribution in [0.15, 0.2) is 0 Å². The van der Waals surface area contributed by atoms with E-state index < -0.39 is 0 Å². The van der Waals surface area contributed by atoms with Gasteiger partial charge in [0.15, 0.2) is 0 Å². The van der Waals surface area contributed by atoms with Gasteiger partial charge in [0.2, 0.25) is 0 Å². The highest BCUT2D eigenvalue weighted by molar-refractivity contribution is 5.09. The molecule has 0 amide bonds. The predicted octanol–water partition coefficient (Wildman–Crippen LogP) is 2.58. The normalized spacial score (nSPS) is 54.5. The van der Waals surface area contributed by atoms with Crippen molar-refractivity contribution in [2.24, 2.45) is 23.2 Å². The summed E-state index contributed by atoms with van der Waals surface area (Å²) in [7, 11) is 0. The highest BCUT2D eigenvalue weighted by Gasteiger charge is 2.59. The third-order valence-electron chi connectivity index (χ3n) is 5.10. The van der Waals surface area contributed by atoms with Crippen LogP contribution >= 0.6 is 0 Å². The maximum atomic E-state index is 10.2. The Bertz CT molecular complexity index is 209. The van der Waals surface area contributed by atoms with Crippen molar-refractivity contribution in [3.63, 3.8) is 0 Å². The van der Waals surface area contributed by atoms with Crippen molar-refractivity contribution < 1.29 is 5.11 Å². The van der Waals surface area contributed by atoms with Gasteiger partial charge >= 0.3 is 0 Å². The average molecular weight is 180 g/mol. The Hall–Kier alpha value is -0.0400. The molecule has 4 aliphatic rings. The van der Waals surface area contributed by atoms with Crippen LogP contribution in [0.5, 0.6) is 0 Å². The molecule has 0 aliphatic heterocycles. The molecule has 0 heterocycles. The summed E-state index contributed by atoms with van der Waals surface area (Å²) in [5, 5.41) is 10.2. The molecule has 4 rings (SSSR count). The minimum absolute atomic E-state index is 0.00722. The van der Waals surface area contributed by atoms with Gasteiger partial charge in [-0.05, 0) is 61.7 Å². The van der Waals surface area contributed by atoms with Crippen LogP contribution in [0, 0.1) is 23.2 Å². The Morgan fingerprint density at radius 1 is 1.23 bits per heavy atom. The van der Waals surface area contributed by atoms with Gasteiger partial charge in [-0.15, -0.1) is 0 Å². The first kappa shape index (κ1) is 8.28. The molecule has 1 heteroatoms. The molecule has 0 aromatic carbocycles. The van der Waals surface area contributed by atoms with E-state index in [0.717, 1.165) is 24.2 Å². The number of hydrogen-bond acceptors (Lipinski definition) is 1. The molecular weight excluding hydrogens is 160 g/mol. The number of rotatable bonds is 2. The van der Waals surface area contributed by atoms with Crippen LogP contribution in [0.3, 0.4) is 0 Å². The molecule has 4 saturated carbocycles. The van der Waals surface area contributed by atoms with Crippen LogP contribution in [0.4, 0.5) is 0 Å². The van der Waals surface area contributed by atoms with E-state index in [1.807, 2.05) is 0 Å². The summed E-state index contributed by atoms with van der Waals surface area (Å²) in [6.45, 7) is 2.14. The molecule has 1 N–H and O–H groups in total. The molecule has 0 radical (unpaired) electrons. The zero-order chi connectivity index (χ0) is 9.05. The Labute approximate surface area is 80.5 Å². The lowest BCUT2D eigenvalue weighted by molar-refractivity contribution is -0.00191. The summed E-state index contributed by atoms with van der Waals surface area (Å²) in [4.78, 5) is 0. The molecule has 0 aromatic heterocycles. The molecule has 0 spiro atoms. The molecule has 3 unspecified atom stereocenters. The Morgan fingerprint density at radius 2 is 1.85 bits per heavy atom. The second-order valence-electron chi connectivity index (χ2n) is 5.70. The SMILES string of the molecule is CCC(O)C12CC3CC(CC1C3)C2. The van der Waals surface area contributed by atoms with Gasteiger partial charge in [0.25, 0.3) is 0 Å². The van der Waals surface area contributed by atoms with Gasteiger partial charge in [-0.2, -0.15) is 0 Å². The van der Waals surface area contributed by atoms with E-state index in [1.165, 1.54) is 32.1 Å². The van der Waals surface area contributed by atoms with Crippen LogP contribution < -0.4 is 0 Å². The second kappa shape index (κ2) is 2.50. The summed E-state index contributed by atoms with van der Waals surface area (Å²) in [6, 6.07) is 0. The van der Waals surface area contributed by atoms with Gasteiger partial charge in [0, 0.05) is 0 Å². The minimum atomic E-state index is 0.00722. The monoisotopic (exact) mass is 180 g/mol. The van der Waals surface area contributed by atoms with Gasteiger partial charge in [-0.1, -0.05) is 6.92 Å². The summed E-state index contributed by atoms with van der Waals surface area (Å²) < 4.78 is 0. The lowest BCUT2D eigenvalue weighted by Crippen LogP contribution is -2.35. The molecule has 4 fully saturated rings. The van der Waals surface area contributed by atoms with Crippen molar-refractivity contribution >= 4 is 0 Å². The van der Waals surface area contributed by atoms with E-state index in [2.05, 4.69) is 6.92 Å². The summed E-state index contributed by atoms with van der Waals surface area (Å²) in [6.07, 6.45) is 8.03. The average Bonchev–Trinajstić information content (AvgIpc) is 2.51. The third kappa shape index (κ3) is 0.918. The van der Waals surface area contributed by atoms with Gasteiger partial charge < -0.3 is 5.11 Å². The predicted molar refractivity (Wildman–Crippen MR) is 52.3 cm³/mol. The smallest absolute Gasteiger partial charge is 0.0596 e. The fourth-order valence-corrected chi connectivity index (χ4v) is 4.81. The van der Waals surface area contributed by atoms with Crippen LogP contribution in [0.25, 0.3) is 0 Å². The van der Waals surface area contributed by atoms with E-state index in [1.54, 1.807) is 0 Å². The zero-order valence-electron chi connectivity index (χ0n) is 8.50. The number of aliphatic hydroxyl groups excluding tert-OH is 1. The van der Waals surface area contributed by atoms with Crippen molar-refractivity contribution in [2.75, 3.05) is 0 Å². The largest absolute Gasteiger partial charge is 0.393 e. The maximum Gasteiger partial charge on any atom is 0.0596 e. The molecule has 0 aromatic rings. The molecule has 3 atom stereocenters. The topological polar surface area (TPSA) is 20.2 Å². The van der Waals surface area contributed by atoms with Crippen molar-refractivity contribution in [2.45, 2.75) is 51.6 Å². The Morgan fingerprint density at radius 3 is 2.38 bits per heavy atom. The van der Waals surface area contributed by atoms with Crippen LogP contribution in [-0.4, -0.2) is 11.2 Å². The van der Waals surface area contributed by atoms with E-state index in [9.17, 15) is 5.11 Å². The van der Waals surface area contributed by atoms with Crippen molar-refractivity contribution in [3.8, 4) is 0 Å². The Balaban J connectivity index is 1.92. The zero-order valence-corrected chi connectivity index (χ0v) is 8.50. The standard InChI is InChI=1S/C12H20O/c1-2-11(13)12-6-8-3-9(7-12)5-10(12)4-8/h8-11,13H,2-7H2,1H3. The third-order valence-corrected chi connectivity index (χ3v) is 5.10. The van der Waals surface area contributed by atoms with Gasteiger partial charge in [0.1, 0.15) is 0 Å². The van der Waals surface area contributed by atoms with E-state index in [0.29, 0.717) is 5.41 Å². The molecule has 0 saturated heterocycles. The van der Waals surface area contributed by atoms with Crippen LogP contribution in [0.2, 0.25) is 0 Å². The lowest BCUT2D eigenvalue weighted by Gasteiger charge is -2.36.